The van der Waals surface area contributed by atoms with Crippen LogP contribution >= 0.6 is 0 Å². The standard InChI is InChI=1S/C13H17N5O3/c1-10(9-17-2-4-21-5-3-17)16-13-12(18(19)20)6-11(7-14)8-15-13/h6,8,10H,2-5,9H2,1H3,(H,15,16). The van der Waals surface area contributed by atoms with Gasteiger partial charge >= 0.3 is 5.69 Å². The quantitative estimate of drug-likeness (QED) is 0.637. The lowest BCUT2D eigenvalue weighted by atomic mass is 10.2. The lowest BCUT2D eigenvalue weighted by molar-refractivity contribution is -0.384. The van der Waals surface area contributed by atoms with Crippen LogP contribution in [0.25, 0.3) is 0 Å². The van der Waals surface area contributed by atoms with Crippen LogP contribution in [-0.4, -0.2) is 53.7 Å². The van der Waals surface area contributed by atoms with Crippen molar-refractivity contribution in [1.82, 2.24) is 9.88 Å². The number of pyridine rings is 1. The molecule has 0 saturated carbocycles. The minimum atomic E-state index is -0.530. The highest BCUT2D eigenvalue weighted by molar-refractivity contribution is 5.58. The largest absolute Gasteiger partial charge is 0.379 e. The zero-order chi connectivity index (χ0) is 15.2. The summed E-state index contributed by atoms with van der Waals surface area (Å²) in [5.74, 6) is 0.194. The van der Waals surface area contributed by atoms with E-state index in [-0.39, 0.29) is 23.1 Å². The number of hydrogen-bond acceptors (Lipinski definition) is 7. The molecule has 0 aromatic carbocycles. The Hall–Kier alpha value is -2.24. The maximum atomic E-state index is 11.1. The van der Waals surface area contributed by atoms with Crippen molar-refractivity contribution >= 4 is 11.5 Å². The fourth-order valence-electron chi connectivity index (χ4n) is 2.21. The second-order valence-electron chi connectivity index (χ2n) is 4.92. The Bertz CT molecular complexity index is 551. The van der Waals surface area contributed by atoms with Crippen LogP contribution in [0.3, 0.4) is 0 Å². The molecule has 1 fully saturated rings. The molecule has 0 radical (unpaired) electrons. The zero-order valence-electron chi connectivity index (χ0n) is 11.8. The third-order valence-electron chi connectivity index (χ3n) is 3.21. The van der Waals surface area contributed by atoms with Gasteiger partial charge < -0.3 is 10.1 Å². The van der Waals surface area contributed by atoms with Crippen LogP contribution in [0.4, 0.5) is 11.5 Å². The van der Waals surface area contributed by atoms with E-state index in [1.807, 2.05) is 13.0 Å². The maximum absolute atomic E-state index is 11.1. The van der Waals surface area contributed by atoms with Crippen molar-refractivity contribution in [2.75, 3.05) is 38.2 Å². The van der Waals surface area contributed by atoms with Crippen molar-refractivity contribution in [3.63, 3.8) is 0 Å². The molecule has 0 bridgehead atoms. The number of rotatable bonds is 5. The summed E-state index contributed by atoms with van der Waals surface area (Å²) < 4.78 is 5.28. The molecule has 0 spiro atoms. The number of aromatic nitrogens is 1. The molecule has 1 aromatic heterocycles. The van der Waals surface area contributed by atoms with E-state index in [2.05, 4.69) is 15.2 Å². The molecule has 0 amide bonds. The lowest BCUT2D eigenvalue weighted by Crippen LogP contribution is -2.42. The summed E-state index contributed by atoms with van der Waals surface area (Å²) in [6.07, 6.45) is 1.33. The second-order valence-corrected chi connectivity index (χ2v) is 4.92. The van der Waals surface area contributed by atoms with E-state index in [9.17, 15) is 10.1 Å². The molecule has 1 atom stereocenters. The Balaban J connectivity index is 2.04. The van der Waals surface area contributed by atoms with Gasteiger partial charge in [0, 0.05) is 37.9 Å². The molecule has 21 heavy (non-hydrogen) atoms. The molecular formula is C13H17N5O3. The Morgan fingerprint density at radius 1 is 1.62 bits per heavy atom. The van der Waals surface area contributed by atoms with Crippen LogP contribution in [0.1, 0.15) is 12.5 Å². The van der Waals surface area contributed by atoms with Crippen LogP contribution < -0.4 is 5.32 Å². The molecule has 112 valence electrons. The molecular weight excluding hydrogens is 274 g/mol. The summed E-state index contributed by atoms with van der Waals surface area (Å²) in [6.45, 7) is 5.83. The molecule has 1 aromatic rings. The van der Waals surface area contributed by atoms with Crippen molar-refractivity contribution in [3.8, 4) is 6.07 Å². The number of nitrogens with one attached hydrogen (secondary N) is 1. The minimum Gasteiger partial charge on any atom is -0.379 e. The van der Waals surface area contributed by atoms with Crippen LogP contribution in [0, 0.1) is 21.4 Å². The van der Waals surface area contributed by atoms with Gasteiger partial charge in [0.2, 0.25) is 5.82 Å². The molecule has 2 rings (SSSR count). The van der Waals surface area contributed by atoms with Crippen molar-refractivity contribution in [1.29, 1.82) is 5.26 Å². The summed E-state index contributed by atoms with van der Waals surface area (Å²) >= 11 is 0. The summed E-state index contributed by atoms with van der Waals surface area (Å²) in [5, 5.41) is 22.9. The number of hydrogen-bond donors (Lipinski definition) is 1. The first-order valence-electron chi connectivity index (χ1n) is 6.71. The van der Waals surface area contributed by atoms with E-state index in [1.54, 1.807) is 0 Å². The van der Waals surface area contributed by atoms with E-state index in [4.69, 9.17) is 10.00 Å². The van der Waals surface area contributed by atoms with Crippen molar-refractivity contribution in [3.05, 3.63) is 27.9 Å². The first-order valence-corrected chi connectivity index (χ1v) is 6.71. The fraction of sp³-hybridized carbons (Fsp3) is 0.538. The minimum absolute atomic E-state index is 0.00207. The van der Waals surface area contributed by atoms with Crippen molar-refractivity contribution in [2.24, 2.45) is 0 Å². The van der Waals surface area contributed by atoms with Crippen LogP contribution in [0.15, 0.2) is 12.3 Å². The highest BCUT2D eigenvalue weighted by Crippen LogP contribution is 2.23. The van der Waals surface area contributed by atoms with Gasteiger partial charge in [-0.1, -0.05) is 0 Å². The van der Waals surface area contributed by atoms with E-state index >= 15 is 0 Å². The van der Waals surface area contributed by atoms with Gasteiger partial charge in [0.15, 0.2) is 0 Å². The smallest absolute Gasteiger partial charge is 0.312 e. The molecule has 1 aliphatic rings. The number of nitro groups is 1. The Morgan fingerprint density at radius 3 is 2.95 bits per heavy atom. The summed E-state index contributed by atoms with van der Waals surface area (Å²) in [7, 11) is 0. The molecule has 2 heterocycles. The number of ether oxygens (including phenoxy) is 1. The van der Waals surface area contributed by atoms with Crippen molar-refractivity contribution in [2.45, 2.75) is 13.0 Å². The van der Waals surface area contributed by atoms with Gasteiger partial charge in [-0.2, -0.15) is 5.26 Å². The van der Waals surface area contributed by atoms with Gasteiger partial charge in [0.1, 0.15) is 6.07 Å². The fourth-order valence-corrected chi connectivity index (χ4v) is 2.21. The van der Waals surface area contributed by atoms with Gasteiger partial charge in [-0.3, -0.25) is 15.0 Å². The zero-order valence-corrected chi connectivity index (χ0v) is 11.8. The van der Waals surface area contributed by atoms with Gasteiger partial charge in [-0.25, -0.2) is 4.98 Å². The summed E-state index contributed by atoms with van der Waals surface area (Å²) in [4.78, 5) is 16.7. The number of morpholine rings is 1. The molecule has 8 heteroatoms. The molecule has 1 unspecified atom stereocenters. The van der Waals surface area contributed by atoms with Crippen LogP contribution in [-0.2, 0) is 4.74 Å². The average Bonchev–Trinajstić information content (AvgIpc) is 2.48. The molecule has 1 N–H and O–H groups in total. The van der Waals surface area contributed by atoms with Crippen LogP contribution in [0.2, 0.25) is 0 Å². The second kappa shape index (κ2) is 6.97. The summed E-state index contributed by atoms with van der Waals surface area (Å²) in [5.41, 5.74) is -0.00374. The normalized spacial score (nSPS) is 17.0. The number of nitriles is 1. The lowest BCUT2D eigenvalue weighted by Gasteiger charge is -2.29. The van der Waals surface area contributed by atoms with Gasteiger partial charge in [0.25, 0.3) is 0 Å². The average molecular weight is 291 g/mol. The predicted molar refractivity (Wildman–Crippen MR) is 76.0 cm³/mol. The molecule has 8 nitrogen and oxygen atoms in total. The first-order chi connectivity index (χ1) is 10.1. The monoisotopic (exact) mass is 291 g/mol. The van der Waals surface area contributed by atoms with E-state index in [0.717, 1.165) is 19.6 Å². The summed E-state index contributed by atoms with van der Waals surface area (Å²) in [6, 6.07) is 3.09. The Kier molecular flexibility index (Phi) is 5.03. The highest BCUT2D eigenvalue weighted by atomic mass is 16.6. The number of nitrogens with zero attached hydrogens (tertiary/aromatic N) is 4. The van der Waals surface area contributed by atoms with Gasteiger partial charge in [-0.15, -0.1) is 0 Å². The predicted octanol–water partition coefficient (Wildman–Crippen LogP) is 0.994. The van der Waals surface area contributed by atoms with E-state index in [1.165, 1.54) is 12.3 Å². The van der Waals surface area contributed by atoms with Gasteiger partial charge in [0.05, 0.1) is 23.7 Å². The highest BCUT2D eigenvalue weighted by Gasteiger charge is 2.20. The Labute approximate surface area is 122 Å². The van der Waals surface area contributed by atoms with Crippen molar-refractivity contribution < 1.29 is 9.66 Å². The maximum Gasteiger partial charge on any atom is 0.312 e. The SMILES string of the molecule is CC(CN1CCOCC1)Nc1ncc(C#N)cc1[N+](=O)[O-]. The first kappa shape index (κ1) is 15.2. The van der Waals surface area contributed by atoms with E-state index < -0.39 is 4.92 Å². The third kappa shape index (κ3) is 4.11. The third-order valence-corrected chi connectivity index (χ3v) is 3.21. The van der Waals surface area contributed by atoms with Gasteiger partial charge in [-0.05, 0) is 6.92 Å². The molecule has 0 aliphatic carbocycles. The van der Waals surface area contributed by atoms with E-state index in [0.29, 0.717) is 13.2 Å². The molecule has 1 aliphatic heterocycles. The Morgan fingerprint density at radius 2 is 2.33 bits per heavy atom. The van der Waals surface area contributed by atoms with Crippen LogP contribution in [0.5, 0.6) is 0 Å². The molecule has 1 saturated heterocycles. The topological polar surface area (TPSA) is 104 Å². The number of anilines is 1.